The number of carbonyl (C=O) groups is 4. The Balaban J connectivity index is 5.21. The zero-order valence-corrected chi connectivity index (χ0v) is 67.3. The Kier molecular flexibility index (Phi) is 71.2. The van der Waals surface area contributed by atoms with Crippen LogP contribution in [0.25, 0.3) is 0 Å². The number of phosphoric acid groups is 2. The summed E-state index contributed by atoms with van der Waals surface area (Å²) in [6, 6.07) is 0. The summed E-state index contributed by atoms with van der Waals surface area (Å²) in [5.74, 6) is -0.532. The molecule has 0 spiro atoms. The van der Waals surface area contributed by atoms with Crippen molar-refractivity contribution in [3.8, 4) is 0 Å². The van der Waals surface area contributed by atoms with E-state index in [1.54, 1.807) is 0 Å². The average molecular weight is 1470 g/mol. The molecule has 17 nitrogen and oxygen atoms in total. The summed E-state index contributed by atoms with van der Waals surface area (Å²) in [6.07, 6.45) is 62.5. The summed E-state index contributed by atoms with van der Waals surface area (Å²) in [4.78, 5) is 73.0. The molecule has 0 aliphatic heterocycles. The maximum atomic E-state index is 13.1. The van der Waals surface area contributed by atoms with Crippen molar-refractivity contribution < 1.29 is 80.2 Å². The van der Waals surface area contributed by atoms with Gasteiger partial charge in [-0.05, 0) is 37.5 Å². The molecule has 0 aliphatic carbocycles. The minimum absolute atomic E-state index is 0.107. The fourth-order valence-electron chi connectivity index (χ4n) is 12.5. The summed E-state index contributed by atoms with van der Waals surface area (Å²) >= 11 is 0. The third-order valence-electron chi connectivity index (χ3n) is 19.3. The number of aliphatic hydroxyl groups is 1. The maximum Gasteiger partial charge on any atom is 0.472 e. The topological polar surface area (TPSA) is 237 Å². The highest BCUT2D eigenvalue weighted by Gasteiger charge is 2.30. The van der Waals surface area contributed by atoms with E-state index in [1.165, 1.54) is 238 Å². The first-order chi connectivity index (χ1) is 48.4. The Morgan fingerprint density at radius 3 is 0.760 bits per heavy atom. The monoisotopic (exact) mass is 1470 g/mol. The highest BCUT2D eigenvalue weighted by atomic mass is 31.2. The lowest BCUT2D eigenvalue weighted by molar-refractivity contribution is -0.161. The Hall–Kier alpha value is -1.94. The van der Waals surface area contributed by atoms with Crippen molar-refractivity contribution in [2.24, 2.45) is 11.8 Å². The number of rotatable bonds is 80. The van der Waals surface area contributed by atoms with Gasteiger partial charge in [-0.1, -0.05) is 375 Å². The van der Waals surface area contributed by atoms with Crippen molar-refractivity contribution in [1.29, 1.82) is 0 Å². The van der Waals surface area contributed by atoms with Crippen LogP contribution in [0.2, 0.25) is 0 Å². The highest BCUT2D eigenvalue weighted by molar-refractivity contribution is 7.47. The second-order valence-electron chi connectivity index (χ2n) is 29.9. The van der Waals surface area contributed by atoms with Crippen molar-refractivity contribution in [3.63, 3.8) is 0 Å². The molecule has 6 atom stereocenters. The van der Waals surface area contributed by atoms with Gasteiger partial charge in [0.2, 0.25) is 0 Å². The second-order valence-corrected chi connectivity index (χ2v) is 32.8. The van der Waals surface area contributed by atoms with E-state index in [0.29, 0.717) is 31.6 Å². The second kappa shape index (κ2) is 72.6. The van der Waals surface area contributed by atoms with Crippen molar-refractivity contribution in [2.75, 3.05) is 39.6 Å². The zero-order valence-electron chi connectivity index (χ0n) is 65.5. The lowest BCUT2D eigenvalue weighted by Crippen LogP contribution is -2.30. The van der Waals surface area contributed by atoms with Gasteiger partial charge in [-0.15, -0.1) is 0 Å². The molecule has 0 aliphatic rings. The first kappa shape index (κ1) is 98.1. The molecule has 100 heavy (non-hydrogen) atoms. The van der Waals surface area contributed by atoms with Crippen LogP contribution in [0.4, 0.5) is 0 Å². The smallest absolute Gasteiger partial charge is 0.462 e. The summed E-state index contributed by atoms with van der Waals surface area (Å²) in [5.41, 5.74) is 0. The number of carbonyl (C=O) groups excluding carboxylic acids is 4. The summed E-state index contributed by atoms with van der Waals surface area (Å²) in [5, 5.41) is 10.6. The van der Waals surface area contributed by atoms with Crippen LogP contribution >= 0.6 is 15.6 Å². The van der Waals surface area contributed by atoms with Gasteiger partial charge in [0.25, 0.3) is 0 Å². The van der Waals surface area contributed by atoms with Gasteiger partial charge in [0, 0.05) is 25.7 Å². The summed E-state index contributed by atoms with van der Waals surface area (Å²) < 4.78 is 68.7. The van der Waals surface area contributed by atoms with Crippen LogP contribution in [0, 0.1) is 11.8 Å². The van der Waals surface area contributed by atoms with E-state index in [1.807, 2.05) is 0 Å². The lowest BCUT2D eigenvalue weighted by Gasteiger charge is -2.21. The Bertz CT molecular complexity index is 1930. The molecule has 0 rings (SSSR count). The van der Waals surface area contributed by atoms with Crippen LogP contribution in [0.5, 0.6) is 0 Å². The number of hydrogen-bond acceptors (Lipinski definition) is 15. The molecule has 0 radical (unpaired) electrons. The van der Waals surface area contributed by atoms with E-state index in [-0.39, 0.29) is 25.7 Å². The molecule has 0 heterocycles. The van der Waals surface area contributed by atoms with Gasteiger partial charge in [-0.2, -0.15) is 0 Å². The van der Waals surface area contributed by atoms with Crippen LogP contribution in [0.15, 0.2) is 0 Å². The van der Waals surface area contributed by atoms with Crippen LogP contribution in [0.3, 0.4) is 0 Å². The first-order valence-electron chi connectivity index (χ1n) is 42.0. The molecule has 0 fully saturated rings. The average Bonchev–Trinajstić information content (AvgIpc) is 0.931. The van der Waals surface area contributed by atoms with Crippen LogP contribution in [-0.2, 0) is 65.4 Å². The molecule has 0 amide bonds. The number of aliphatic hydroxyl groups excluding tert-OH is 1. The van der Waals surface area contributed by atoms with E-state index in [0.717, 1.165) is 102 Å². The van der Waals surface area contributed by atoms with Crippen LogP contribution in [0.1, 0.15) is 427 Å². The van der Waals surface area contributed by atoms with E-state index >= 15 is 0 Å². The summed E-state index contributed by atoms with van der Waals surface area (Å²) in [7, 11) is -9.92. The van der Waals surface area contributed by atoms with Crippen molar-refractivity contribution >= 4 is 39.5 Å². The van der Waals surface area contributed by atoms with Crippen molar-refractivity contribution in [1.82, 2.24) is 0 Å². The molecule has 0 aromatic carbocycles. The van der Waals surface area contributed by atoms with E-state index in [4.69, 9.17) is 37.0 Å². The Morgan fingerprint density at radius 1 is 0.290 bits per heavy atom. The molecule has 3 unspecified atom stereocenters. The number of ether oxygens (including phenoxy) is 4. The predicted molar refractivity (Wildman–Crippen MR) is 409 cm³/mol. The normalized spacial score (nSPS) is 14.2. The fourth-order valence-corrected chi connectivity index (χ4v) is 14.1. The van der Waals surface area contributed by atoms with E-state index in [9.17, 15) is 43.2 Å². The SMILES string of the molecule is CCCCCCCCCCCCCCCCCC(=O)OC[C@H](COP(=O)(O)OC[C@@H](O)COP(=O)(O)OC[C@@H](COC(=O)CCCCCCCCCC(C)C)OC(=O)CCCCCCCCCCCCCCC)OC(=O)CCCCCCCCCCCCCCCCCCCCC(C)CC. The number of phosphoric ester groups is 2. The van der Waals surface area contributed by atoms with Gasteiger partial charge < -0.3 is 33.8 Å². The third-order valence-corrected chi connectivity index (χ3v) is 21.2. The molecule has 0 bridgehead atoms. The van der Waals surface area contributed by atoms with E-state index < -0.39 is 97.5 Å². The summed E-state index contributed by atoms with van der Waals surface area (Å²) in [6.45, 7) is 9.65. The fraction of sp³-hybridized carbons (Fsp3) is 0.951. The minimum Gasteiger partial charge on any atom is -0.462 e. The molecule has 3 N–H and O–H groups in total. The minimum atomic E-state index is -4.96. The third kappa shape index (κ3) is 73.0. The maximum absolute atomic E-state index is 13.1. The van der Waals surface area contributed by atoms with Crippen LogP contribution in [-0.4, -0.2) is 96.7 Å². The first-order valence-corrected chi connectivity index (χ1v) is 45.0. The molecule has 19 heteroatoms. The zero-order chi connectivity index (χ0) is 73.5. The molecule has 0 saturated carbocycles. The molecule has 594 valence electrons. The largest absolute Gasteiger partial charge is 0.472 e. The lowest BCUT2D eigenvalue weighted by atomic mass is 9.99. The number of esters is 4. The Labute approximate surface area is 613 Å². The highest BCUT2D eigenvalue weighted by Crippen LogP contribution is 2.45. The molecule has 0 aromatic heterocycles. The molecule has 0 aromatic rings. The van der Waals surface area contributed by atoms with Gasteiger partial charge in [-0.3, -0.25) is 37.3 Å². The van der Waals surface area contributed by atoms with Gasteiger partial charge >= 0.3 is 39.5 Å². The standard InChI is InChI=1S/C81H158O17P2/c1-7-10-12-14-16-18-20-22-27-32-35-39-45-51-57-63-78(83)91-69-76(97-81(86)66-60-54-47-41-37-33-29-26-24-23-25-28-31-34-38-44-50-56-62-74(6)9-3)71-95-99(87,88)93-67-75(82)68-94-100(89,90)96-72-77(70-92-79(84)64-58-52-48-42-43-49-55-61-73(4)5)98-80(85)65-59-53-46-40-36-30-21-19-17-15-13-11-8-2/h73-77,82H,7-72H2,1-6H3,(H,87,88)(H,89,90)/t74?,75-,76-,77-/m1/s1. The van der Waals surface area contributed by atoms with Gasteiger partial charge in [0.05, 0.1) is 26.4 Å². The van der Waals surface area contributed by atoms with Crippen molar-refractivity contribution in [2.45, 2.75) is 445 Å². The number of hydrogen-bond donors (Lipinski definition) is 3. The van der Waals surface area contributed by atoms with Crippen LogP contribution < -0.4 is 0 Å². The Morgan fingerprint density at radius 2 is 0.510 bits per heavy atom. The van der Waals surface area contributed by atoms with Crippen molar-refractivity contribution in [3.05, 3.63) is 0 Å². The quantitative estimate of drug-likeness (QED) is 0.0222. The number of unbranched alkanes of at least 4 members (excludes halogenated alkanes) is 49. The molecule has 0 saturated heterocycles. The van der Waals surface area contributed by atoms with Gasteiger partial charge in [0.1, 0.15) is 19.3 Å². The van der Waals surface area contributed by atoms with Gasteiger partial charge in [-0.25, -0.2) is 9.13 Å². The van der Waals surface area contributed by atoms with Gasteiger partial charge in [0.15, 0.2) is 12.2 Å². The predicted octanol–water partition coefficient (Wildman–Crippen LogP) is 24.3. The molecular formula is C81H158O17P2. The molecular weight excluding hydrogens is 1310 g/mol. The van der Waals surface area contributed by atoms with E-state index in [2.05, 4.69) is 41.5 Å².